The first-order valence-corrected chi connectivity index (χ1v) is 16.6. The summed E-state index contributed by atoms with van der Waals surface area (Å²) in [7, 11) is -4.06. The van der Waals surface area contributed by atoms with Gasteiger partial charge in [0.15, 0.2) is 12.1 Å². The molecule has 0 radical (unpaired) electrons. The van der Waals surface area contributed by atoms with Crippen molar-refractivity contribution in [3.63, 3.8) is 0 Å². The van der Waals surface area contributed by atoms with Crippen LogP contribution in [-0.2, 0) is 49.4 Å². The molecule has 2 amide bonds. The molecule has 0 aliphatic carbocycles. The van der Waals surface area contributed by atoms with Gasteiger partial charge in [0.25, 0.3) is 10.1 Å². The van der Waals surface area contributed by atoms with Crippen molar-refractivity contribution in [1.82, 2.24) is 10.6 Å². The van der Waals surface area contributed by atoms with Gasteiger partial charge in [-0.1, -0.05) is 60.9 Å². The molecule has 45 heavy (non-hydrogen) atoms. The van der Waals surface area contributed by atoms with E-state index < -0.39 is 52.6 Å². The molecule has 0 bridgehead atoms. The molecule has 2 fully saturated rings. The van der Waals surface area contributed by atoms with Gasteiger partial charge in [0.2, 0.25) is 5.91 Å². The lowest BCUT2D eigenvalue weighted by atomic mass is 9.97. The number of unbranched alkanes of at least 4 members (excludes halogenated alkanes) is 3. The first kappa shape index (κ1) is 34.8. The summed E-state index contributed by atoms with van der Waals surface area (Å²) in [6.07, 6.45) is -0.444. The molecular weight excluding hydrogens is 604 g/mol. The first-order valence-electron chi connectivity index (χ1n) is 15.2. The second-order valence-electron chi connectivity index (χ2n) is 11.7. The van der Waals surface area contributed by atoms with E-state index in [-0.39, 0.29) is 24.0 Å². The van der Waals surface area contributed by atoms with E-state index in [0.29, 0.717) is 19.6 Å². The predicted molar refractivity (Wildman–Crippen MR) is 163 cm³/mol. The van der Waals surface area contributed by atoms with Gasteiger partial charge in [0.1, 0.15) is 31.0 Å². The monoisotopic (exact) mass is 648 g/mol. The summed E-state index contributed by atoms with van der Waals surface area (Å²) in [5.74, 6) is -1.30. The minimum Gasteiger partial charge on any atom is -0.445 e. The number of carbonyl (C=O) groups is 2. The lowest BCUT2D eigenvalue weighted by Crippen LogP contribution is -2.63. The van der Waals surface area contributed by atoms with Crippen LogP contribution in [0.1, 0.15) is 57.6 Å². The molecule has 2 aromatic rings. The normalized spacial score (nSPS) is 24.0. The van der Waals surface area contributed by atoms with E-state index in [0.717, 1.165) is 30.4 Å². The van der Waals surface area contributed by atoms with E-state index in [4.69, 9.17) is 27.9 Å². The second kappa shape index (κ2) is 16.0. The quantitative estimate of drug-likeness (QED) is 0.215. The molecule has 0 spiro atoms. The lowest BCUT2D eigenvalue weighted by molar-refractivity contribution is -0.249. The van der Waals surface area contributed by atoms with Gasteiger partial charge in [-0.05, 0) is 51.3 Å². The van der Waals surface area contributed by atoms with Crippen LogP contribution in [0.2, 0.25) is 0 Å². The molecule has 2 heterocycles. The van der Waals surface area contributed by atoms with Crippen molar-refractivity contribution in [2.75, 3.05) is 19.8 Å². The summed E-state index contributed by atoms with van der Waals surface area (Å²) in [6.45, 7) is 7.45. The summed E-state index contributed by atoms with van der Waals surface area (Å²) in [4.78, 5) is 24.0. The van der Waals surface area contributed by atoms with Crippen molar-refractivity contribution in [2.45, 2.75) is 101 Å². The molecule has 2 N–H and O–H groups in total. The Bertz CT molecular complexity index is 1350. The number of amides is 2. The Morgan fingerprint density at radius 1 is 0.933 bits per heavy atom. The van der Waals surface area contributed by atoms with Crippen molar-refractivity contribution in [1.29, 1.82) is 0 Å². The van der Waals surface area contributed by atoms with Gasteiger partial charge >= 0.3 is 6.09 Å². The summed E-state index contributed by atoms with van der Waals surface area (Å²) in [5.41, 5.74) is 1.85. The molecule has 5 unspecified atom stereocenters. The molecule has 248 valence electrons. The number of benzene rings is 2. The third kappa shape index (κ3) is 10.5. The fourth-order valence-electron chi connectivity index (χ4n) is 5.21. The molecule has 12 nitrogen and oxygen atoms in total. The molecule has 4 rings (SSSR count). The smallest absolute Gasteiger partial charge is 0.407 e. The summed E-state index contributed by atoms with van der Waals surface area (Å²) < 4.78 is 60.9. The third-order valence-electron chi connectivity index (χ3n) is 7.39. The number of rotatable bonds is 15. The van der Waals surface area contributed by atoms with E-state index in [2.05, 4.69) is 10.6 Å². The van der Waals surface area contributed by atoms with Crippen LogP contribution in [0.4, 0.5) is 4.79 Å². The molecule has 5 atom stereocenters. The van der Waals surface area contributed by atoms with Gasteiger partial charge in [-0.3, -0.25) is 8.98 Å². The van der Waals surface area contributed by atoms with Gasteiger partial charge in [-0.15, -0.1) is 0 Å². The molecule has 2 aromatic carbocycles. The van der Waals surface area contributed by atoms with E-state index >= 15 is 0 Å². The highest BCUT2D eigenvalue weighted by atomic mass is 32.2. The highest BCUT2D eigenvalue weighted by molar-refractivity contribution is 7.86. The molecule has 2 aliphatic rings. The number of nitrogens with one attached hydrogen (secondary N) is 2. The molecule has 0 aromatic heterocycles. The van der Waals surface area contributed by atoms with Crippen molar-refractivity contribution in [3.05, 3.63) is 65.7 Å². The number of alkyl carbamates (subject to hydrolysis) is 1. The zero-order chi connectivity index (χ0) is 32.5. The number of hydrogen-bond donors (Lipinski definition) is 2. The fraction of sp³-hybridized carbons (Fsp3) is 0.562. The number of hydrogen-bond acceptors (Lipinski definition) is 10. The highest BCUT2D eigenvalue weighted by Crippen LogP contribution is 2.38. The first-order chi connectivity index (χ1) is 21.4. The second-order valence-corrected chi connectivity index (χ2v) is 13.3. The zero-order valence-corrected chi connectivity index (χ0v) is 27.0. The summed E-state index contributed by atoms with van der Waals surface area (Å²) in [5, 5.41) is 5.61. The van der Waals surface area contributed by atoms with Crippen LogP contribution >= 0.6 is 0 Å². The van der Waals surface area contributed by atoms with Gasteiger partial charge in [-0.25, -0.2) is 4.79 Å². The van der Waals surface area contributed by atoms with Gasteiger partial charge < -0.3 is 34.3 Å². The third-order valence-corrected chi connectivity index (χ3v) is 8.68. The average molecular weight is 649 g/mol. The number of carbonyl (C=O) groups excluding carboxylic acids is 2. The fourth-order valence-corrected chi connectivity index (χ4v) is 6.13. The lowest BCUT2D eigenvalue weighted by Gasteiger charge is -2.42. The van der Waals surface area contributed by atoms with E-state index in [1.807, 2.05) is 37.3 Å². The summed E-state index contributed by atoms with van der Waals surface area (Å²) >= 11 is 0. The summed E-state index contributed by atoms with van der Waals surface area (Å²) in [6, 6.07) is 15.1. The van der Waals surface area contributed by atoms with Gasteiger partial charge in [-0.2, -0.15) is 8.42 Å². The Labute approximate surface area is 265 Å². The average Bonchev–Trinajstić information content (AvgIpc) is 3.33. The zero-order valence-electron chi connectivity index (χ0n) is 26.2. The van der Waals surface area contributed by atoms with Crippen LogP contribution in [0.15, 0.2) is 59.5 Å². The molecule has 13 heteroatoms. The van der Waals surface area contributed by atoms with E-state index in [9.17, 15) is 18.0 Å². The van der Waals surface area contributed by atoms with Crippen LogP contribution in [0.5, 0.6) is 0 Å². The Morgan fingerprint density at radius 2 is 1.62 bits per heavy atom. The maximum atomic E-state index is 12.9. The predicted octanol–water partition coefficient (Wildman–Crippen LogP) is 3.95. The van der Waals surface area contributed by atoms with Crippen LogP contribution in [0.3, 0.4) is 0 Å². The van der Waals surface area contributed by atoms with E-state index in [1.165, 1.54) is 19.1 Å². The van der Waals surface area contributed by atoms with Crippen molar-refractivity contribution in [3.8, 4) is 0 Å². The Balaban J connectivity index is 1.25. The molecule has 2 aliphatic heterocycles. The highest BCUT2D eigenvalue weighted by Gasteiger charge is 2.56. The number of ether oxygens (including phenoxy) is 5. The molecular formula is C32H44N2O10S. The minimum atomic E-state index is -4.06. The molecule has 0 saturated carbocycles. The molecule has 2 saturated heterocycles. The van der Waals surface area contributed by atoms with Crippen molar-refractivity contribution in [2.24, 2.45) is 0 Å². The van der Waals surface area contributed by atoms with Crippen LogP contribution in [-0.4, -0.2) is 76.6 Å². The topological polar surface area (TPSA) is 148 Å². The van der Waals surface area contributed by atoms with Crippen molar-refractivity contribution < 1.29 is 45.9 Å². The van der Waals surface area contributed by atoms with Crippen LogP contribution in [0.25, 0.3) is 0 Å². The van der Waals surface area contributed by atoms with Crippen LogP contribution < -0.4 is 10.6 Å². The van der Waals surface area contributed by atoms with Gasteiger partial charge in [0.05, 0.1) is 11.5 Å². The maximum absolute atomic E-state index is 12.9. The standard InChI is InChI=1S/C32H44N2O10S/c1-22-14-16-25(17-15-22)45(37,38)41-21-26-28-29(44-32(3,4)43-28)27(34-23(2)35)30(42-26)39-19-11-6-5-10-18-33-31(36)40-20-24-12-8-7-9-13-24/h7-9,12-17,26-30H,5-6,10-11,18-21H2,1-4H3,(H,33,36)(H,34,35). The largest absolute Gasteiger partial charge is 0.445 e. The van der Waals surface area contributed by atoms with Gasteiger partial charge in [0, 0.05) is 20.1 Å². The Morgan fingerprint density at radius 3 is 2.33 bits per heavy atom. The Kier molecular flexibility index (Phi) is 12.3. The maximum Gasteiger partial charge on any atom is 0.407 e. The van der Waals surface area contributed by atoms with E-state index in [1.54, 1.807) is 26.0 Å². The van der Waals surface area contributed by atoms with Crippen LogP contribution in [0, 0.1) is 6.92 Å². The minimum absolute atomic E-state index is 0.0348. The van der Waals surface area contributed by atoms with Crippen molar-refractivity contribution >= 4 is 22.1 Å². The number of fused-ring (bicyclic) bond motifs is 1. The Hall–Kier alpha value is -3.07. The SMILES string of the molecule is CC(=O)NC1C(OCCCCCCNC(=O)OCc2ccccc2)OC(COS(=O)(=O)c2ccc(C)cc2)C2OC(C)(C)OC12. The number of aryl methyl sites for hydroxylation is 1.